The van der Waals surface area contributed by atoms with Crippen molar-refractivity contribution in [1.82, 2.24) is 29.5 Å². The molecule has 3 aliphatic rings. The zero-order valence-electron chi connectivity index (χ0n) is 25.5. The van der Waals surface area contributed by atoms with Gasteiger partial charge >= 0.3 is 6.18 Å². The summed E-state index contributed by atoms with van der Waals surface area (Å²) in [6, 6.07) is 4.35. The van der Waals surface area contributed by atoms with Crippen LogP contribution in [0.25, 0.3) is 5.65 Å². The number of likely N-dealkylation sites (tertiary alicyclic amines) is 1. The molecule has 10 nitrogen and oxygen atoms in total. The lowest BCUT2D eigenvalue weighted by atomic mass is 9.94. The molecule has 15 heteroatoms. The first-order chi connectivity index (χ1) is 21.8. The van der Waals surface area contributed by atoms with Gasteiger partial charge in [-0.3, -0.25) is 4.79 Å². The molecular weight excluding hydrogens is 626 g/mol. The van der Waals surface area contributed by atoms with Gasteiger partial charge in [-0.1, -0.05) is 29.8 Å². The van der Waals surface area contributed by atoms with Gasteiger partial charge in [-0.05, 0) is 70.8 Å². The number of Topliss-reactive ketones (excluding diaryl/α,β-unsaturated/α-hetero) is 1. The number of pyridine rings is 1. The number of nitrogen functional groups attached to an aromatic ring is 1. The molecule has 3 unspecified atom stereocenters. The Morgan fingerprint density at radius 1 is 1.11 bits per heavy atom. The number of nitrogens with zero attached hydrogens (tertiary/aromatic N) is 7. The van der Waals surface area contributed by atoms with E-state index in [-0.39, 0.29) is 17.8 Å². The molecule has 3 aromatic rings. The van der Waals surface area contributed by atoms with E-state index in [1.807, 2.05) is 4.90 Å². The molecule has 2 fully saturated rings. The molecule has 0 aromatic carbocycles. The largest absolute Gasteiger partial charge is 0.455 e. The van der Waals surface area contributed by atoms with E-state index in [0.29, 0.717) is 36.4 Å². The SMILES string of the molecule is CC(C)N1CCC(c2nc3cc(C4C=CC=CC4(F)Cl)nc(N4CCCC(Nc5ccc(C(=O)C(F)(F)F)c(N)n5)C4)n3n2)CC1. The second-order valence-corrected chi connectivity index (χ2v) is 13.0. The number of aromatic nitrogens is 5. The van der Waals surface area contributed by atoms with Crippen LogP contribution in [0.4, 0.5) is 35.1 Å². The first kappa shape index (κ1) is 32.2. The molecule has 0 amide bonds. The molecule has 2 saturated heterocycles. The van der Waals surface area contributed by atoms with Crippen molar-refractivity contribution in [2.75, 3.05) is 42.1 Å². The number of ketones is 1. The number of nitrogens with two attached hydrogens (primary N) is 1. The highest BCUT2D eigenvalue weighted by atomic mass is 35.5. The maximum atomic E-state index is 15.5. The van der Waals surface area contributed by atoms with Crippen molar-refractivity contribution in [3.8, 4) is 0 Å². The molecule has 46 heavy (non-hydrogen) atoms. The summed E-state index contributed by atoms with van der Waals surface area (Å²) in [5.41, 5.74) is 6.01. The number of alkyl halides is 5. The summed E-state index contributed by atoms with van der Waals surface area (Å²) in [6.45, 7) is 7.34. The van der Waals surface area contributed by atoms with Crippen molar-refractivity contribution in [2.24, 2.45) is 0 Å². The van der Waals surface area contributed by atoms with Crippen LogP contribution >= 0.6 is 11.6 Å². The van der Waals surface area contributed by atoms with Gasteiger partial charge in [-0.15, -0.1) is 5.10 Å². The van der Waals surface area contributed by atoms with Gasteiger partial charge in [0.05, 0.1) is 17.2 Å². The molecule has 0 radical (unpaired) electrons. The van der Waals surface area contributed by atoms with E-state index in [0.717, 1.165) is 50.7 Å². The third kappa shape index (κ3) is 6.55. The number of allylic oxidation sites excluding steroid dienone is 4. The number of rotatable bonds is 7. The van der Waals surface area contributed by atoms with Crippen molar-refractivity contribution >= 4 is 40.6 Å². The van der Waals surface area contributed by atoms with Gasteiger partial charge in [0.2, 0.25) is 11.1 Å². The van der Waals surface area contributed by atoms with Crippen molar-refractivity contribution < 1.29 is 22.4 Å². The van der Waals surface area contributed by atoms with E-state index in [2.05, 4.69) is 29.0 Å². The highest BCUT2D eigenvalue weighted by Crippen LogP contribution is 2.40. The molecular formula is C31H36ClF4N9O. The minimum atomic E-state index is -5.05. The molecule has 3 atom stereocenters. The van der Waals surface area contributed by atoms with Crippen LogP contribution in [0.5, 0.6) is 0 Å². The van der Waals surface area contributed by atoms with E-state index in [1.54, 1.807) is 28.8 Å². The minimum absolute atomic E-state index is 0.177. The van der Waals surface area contributed by atoms with E-state index >= 15 is 4.39 Å². The number of halogens is 5. The lowest BCUT2D eigenvalue weighted by molar-refractivity contribution is -0.0884. The van der Waals surface area contributed by atoms with Gasteiger partial charge in [0.15, 0.2) is 11.5 Å². The molecule has 1 aliphatic carbocycles. The van der Waals surface area contributed by atoms with Crippen LogP contribution < -0.4 is 16.0 Å². The number of hydrogen-bond donors (Lipinski definition) is 2. The Morgan fingerprint density at radius 3 is 2.54 bits per heavy atom. The van der Waals surface area contributed by atoms with Gasteiger partial charge in [0.25, 0.3) is 5.78 Å². The lowest BCUT2D eigenvalue weighted by Crippen LogP contribution is -2.43. The fraction of sp³-hybridized carbons (Fsp3) is 0.516. The monoisotopic (exact) mass is 661 g/mol. The Kier molecular flexibility index (Phi) is 8.70. The van der Waals surface area contributed by atoms with E-state index < -0.39 is 34.4 Å². The summed E-state index contributed by atoms with van der Waals surface area (Å²) < 4.78 is 56.0. The molecule has 5 heterocycles. The Labute approximate surface area is 268 Å². The van der Waals surface area contributed by atoms with Crippen LogP contribution in [0.3, 0.4) is 0 Å². The number of hydrogen-bond acceptors (Lipinski definition) is 9. The third-order valence-corrected chi connectivity index (χ3v) is 9.28. The van der Waals surface area contributed by atoms with Crippen LogP contribution in [0.1, 0.15) is 73.2 Å². The molecule has 0 spiro atoms. The topological polar surface area (TPSA) is 118 Å². The van der Waals surface area contributed by atoms with Crippen molar-refractivity contribution in [2.45, 2.75) is 74.8 Å². The number of carbonyl (C=O) groups excluding carboxylic acids is 1. The Morgan fingerprint density at radius 2 is 1.87 bits per heavy atom. The predicted octanol–water partition coefficient (Wildman–Crippen LogP) is 5.63. The maximum Gasteiger partial charge on any atom is 0.455 e. The quantitative estimate of drug-likeness (QED) is 0.189. The van der Waals surface area contributed by atoms with Crippen molar-refractivity contribution in [3.63, 3.8) is 0 Å². The number of piperidine rings is 2. The molecule has 0 bridgehead atoms. The zero-order chi connectivity index (χ0) is 32.8. The molecule has 3 N–H and O–H groups in total. The summed E-state index contributed by atoms with van der Waals surface area (Å²) in [4.78, 5) is 30.0. The standard InChI is InChI=1S/C31H36ClF4N9O/c1-18(2)43-14-10-19(11-15-43)28-41-25-16-23(22-7-3-4-12-30(22,32)33)39-29(45(25)42-28)44-13-5-6-20(17-44)38-24-9-8-21(27(37)40-24)26(46)31(34,35)36/h3-4,7-9,12,16,18-20,22H,5-6,10-11,13-15,17H2,1-2H3,(H3,37,38,40). The van der Waals surface area contributed by atoms with E-state index in [4.69, 9.17) is 32.4 Å². The summed E-state index contributed by atoms with van der Waals surface area (Å²) in [5.74, 6) is -1.76. The van der Waals surface area contributed by atoms with Crippen LogP contribution in [0.15, 0.2) is 42.5 Å². The highest BCUT2D eigenvalue weighted by Gasteiger charge is 2.41. The number of fused-ring (bicyclic) bond motifs is 1. The van der Waals surface area contributed by atoms with Gasteiger partial charge < -0.3 is 20.9 Å². The van der Waals surface area contributed by atoms with Crippen LogP contribution in [-0.2, 0) is 0 Å². The molecule has 3 aromatic heterocycles. The van der Waals surface area contributed by atoms with Gasteiger partial charge in [-0.25, -0.2) is 19.3 Å². The fourth-order valence-corrected chi connectivity index (χ4v) is 6.65. The second-order valence-electron chi connectivity index (χ2n) is 12.4. The zero-order valence-corrected chi connectivity index (χ0v) is 26.3. The van der Waals surface area contributed by atoms with Crippen molar-refractivity contribution in [3.05, 3.63) is 59.6 Å². The average Bonchev–Trinajstić information content (AvgIpc) is 3.44. The van der Waals surface area contributed by atoms with Crippen LogP contribution in [-0.4, -0.2) is 84.8 Å². The third-order valence-electron chi connectivity index (χ3n) is 8.92. The second kappa shape index (κ2) is 12.4. The first-order valence-corrected chi connectivity index (χ1v) is 15.8. The highest BCUT2D eigenvalue weighted by molar-refractivity contribution is 6.25. The number of carbonyl (C=O) groups is 1. The summed E-state index contributed by atoms with van der Waals surface area (Å²) in [5, 5.41) is 5.99. The van der Waals surface area contributed by atoms with E-state index in [1.165, 1.54) is 12.1 Å². The number of anilines is 3. The Bertz CT molecular complexity index is 1660. The molecule has 6 rings (SSSR count). The van der Waals surface area contributed by atoms with E-state index in [9.17, 15) is 18.0 Å². The smallest absolute Gasteiger partial charge is 0.383 e. The summed E-state index contributed by atoms with van der Waals surface area (Å²) in [6.07, 6.45) is 4.56. The predicted molar refractivity (Wildman–Crippen MR) is 168 cm³/mol. The summed E-state index contributed by atoms with van der Waals surface area (Å²) in [7, 11) is 0. The normalized spacial score (nSPS) is 24.7. The molecule has 246 valence electrons. The van der Waals surface area contributed by atoms with Crippen molar-refractivity contribution in [1.29, 1.82) is 0 Å². The fourth-order valence-electron chi connectivity index (χ4n) is 6.39. The van der Waals surface area contributed by atoms with Crippen LogP contribution in [0.2, 0.25) is 0 Å². The number of nitrogens with one attached hydrogen (secondary N) is 1. The molecule has 2 aliphatic heterocycles. The average molecular weight is 662 g/mol. The summed E-state index contributed by atoms with van der Waals surface area (Å²) >= 11 is 6.29. The maximum absolute atomic E-state index is 15.5. The molecule has 0 saturated carbocycles. The first-order valence-electron chi connectivity index (χ1n) is 15.4. The van der Waals surface area contributed by atoms with Gasteiger partial charge in [0, 0.05) is 37.2 Å². The Balaban J connectivity index is 1.29. The lowest BCUT2D eigenvalue weighted by Gasteiger charge is -2.34. The minimum Gasteiger partial charge on any atom is -0.383 e. The van der Waals surface area contributed by atoms with Crippen LogP contribution in [0, 0.1) is 0 Å². The van der Waals surface area contributed by atoms with Gasteiger partial charge in [0.1, 0.15) is 11.6 Å². The van der Waals surface area contributed by atoms with Gasteiger partial charge in [-0.2, -0.15) is 17.7 Å². The Hall–Kier alpha value is -3.78.